The molecule has 128 valence electrons. The minimum atomic E-state index is -0.229. The van der Waals surface area contributed by atoms with Crippen molar-refractivity contribution >= 4 is 45.7 Å². The first-order chi connectivity index (χ1) is 12.5. The number of hydrogen-bond donors (Lipinski definition) is 1. The van der Waals surface area contributed by atoms with Gasteiger partial charge in [-0.1, -0.05) is 65.1 Å². The van der Waals surface area contributed by atoms with Gasteiger partial charge in [0.15, 0.2) is 0 Å². The maximum atomic E-state index is 12.4. The molecule has 0 bridgehead atoms. The lowest BCUT2D eigenvalue weighted by Gasteiger charge is -2.08. The monoisotopic (exact) mass is 400 g/mol. The Morgan fingerprint density at radius 2 is 1.46 bits per heavy atom. The Morgan fingerprint density at radius 3 is 2.27 bits per heavy atom. The number of para-hydroxylation sites is 1. The third-order valence-electron chi connectivity index (χ3n) is 4.08. The Balaban J connectivity index is 1.87. The molecule has 26 heavy (non-hydrogen) atoms. The van der Waals surface area contributed by atoms with Crippen molar-refractivity contribution in [3.05, 3.63) is 86.1 Å². The van der Waals surface area contributed by atoms with Gasteiger partial charge in [0.2, 0.25) is 0 Å². The van der Waals surface area contributed by atoms with Crippen LogP contribution in [0.25, 0.3) is 33.4 Å². The molecule has 6 heteroatoms. The molecule has 0 aliphatic heterocycles. The molecule has 4 rings (SSSR count). The second-order valence-electron chi connectivity index (χ2n) is 5.76. The summed E-state index contributed by atoms with van der Waals surface area (Å²) in [5.74, 6) is 0.456. The minimum Gasteiger partial charge on any atom is -0.306 e. The lowest BCUT2D eigenvalue weighted by atomic mass is 10.0. The van der Waals surface area contributed by atoms with Crippen molar-refractivity contribution < 1.29 is 0 Å². The largest absolute Gasteiger partial charge is 0.306 e. The highest BCUT2D eigenvalue weighted by atomic mass is 35.5. The fourth-order valence-electron chi connectivity index (χ4n) is 2.79. The van der Waals surface area contributed by atoms with Gasteiger partial charge >= 0.3 is 0 Å². The Labute approximate surface area is 164 Å². The zero-order valence-corrected chi connectivity index (χ0v) is 15.5. The summed E-state index contributed by atoms with van der Waals surface area (Å²) in [6.45, 7) is 0. The lowest BCUT2D eigenvalue weighted by Crippen LogP contribution is -2.09. The molecule has 0 spiro atoms. The summed E-state index contributed by atoms with van der Waals surface area (Å²) in [5, 5.41) is 1.89. The van der Waals surface area contributed by atoms with E-state index in [0.717, 1.165) is 16.7 Å². The van der Waals surface area contributed by atoms with Crippen molar-refractivity contribution in [2.24, 2.45) is 0 Å². The van der Waals surface area contributed by atoms with Crippen LogP contribution in [0.5, 0.6) is 0 Å². The van der Waals surface area contributed by atoms with Crippen LogP contribution >= 0.6 is 34.8 Å². The average Bonchev–Trinajstić information content (AvgIpc) is 2.65. The molecular formula is C20H11Cl3N2O. The predicted molar refractivity (Wildman–Crippen MR) is 108 cm³/mol. The number of H-pyrrole nitrogens is 1. The van der Waals surface area contributed by atoms with E-state index in [9.17, 15) is 4.79 Å². The van der Waals surface area contributed by atoms with Crippen LogP contribution in [0.15, 0.2) is 65.5 Å². The molecule has 0 aliphatic carbocycles. The summed E-state index contributed by atoms with van der Waals surface area (Å²) < 4.78 is 0. The van der Waals surface area contributed by atoms with Crippen molar-refractivity contribution in [3.63, 3.8) is 0 Å². The van der Waals surface area contributed by atoms with Gasteiger partial charge in [-0.05, 0) is 41.5 Å². The molecule has 0 saturated heterocycles. The molecule has 3 nitrogen and oxygen atoms in total. The summed E-state index contributed by atoms with van der Waals surface area (Å²) in [6, 6.07) is 18.2. The third-order valence-corrected chi connectivity index (χ3v) is 5.12. The fraction of sp³-hybridized carbons (Fsp3) is 0. The highest BCUT2D eigenvalue weighted by Gasteiger charge is 2.10. The molecule has 0 fully saturated rings. The maximum Gasteiger partial charge on any atom is 0.259 e. The van der Waals surface area contributed by atoms with Gasteiger partial charge in [0.1, 0.15) is 5.82 Å². The van der Waals surface area contributed by atoms with E-state index >= 15 is 0 Å². The number of hydrogen-bond acceptors (Lipinski definition) is 2. The van der Waals surface area contributed by atoms with E-state index in [-0.39, 0.29) is 5.56 Å². The highest BCUT2D eigenvalue weighted by molar-refractivity contribution is 6.42. The molecule has 0 atom stereocenters. The quantitative estimate of drug-likeness (QED) is 0.433. The Bertz CT molecular complexity index is 1200. The van der Waals surface area contributed by atoms with Crippen molar-refractivity contribution in [2.45, 2.75) is 0 Å². The van der Waals surface area contributed by atoms with Gasteiger partial charge in [0.25, 0.3) is 5.56 Å². The van der Waals surface area contributed by atoms with Crippen LogP contribution in [-0.2, 0) is 0 Å². The van der Waals surface area contributed by atoms with E-state index in [1.54, 1.807) is 30.3 Å². The summed E-state index contributed by atoms with van der Waals surface area (Å²) >= 11 is 18.3. The lowest BCUT2D eigenvalue weighted by molar-refractivity contribution is 1.18. The van der Waals surface area contributed by atoms with Crippen molar-refractivity contribution in [3.8, 4) is 22.5 Å². The van der Waals surface area contributed by atoms with Gasteiger partial charge in [-0.3, -0.25) is 4.79 Å². The normalized spacial score (nSPS) is 11.0. The van der Waals surface area contributed by atoms with E-state index in [2.05, 4.69) is 9.97 Å². The van der Waals surface area contributed by atoms with Crippen LogP contribution in [-0.4, -0.2) is 9.97 Å². The average molecular weight is 402 g/mol. The number of benzene rings is 3. The van der Waals surface area contributed by atoms with Crippen LogP contribution < -0.4 is 5.56 Å². The van der Waals surface area contributed by atoms with Crippen LogP contribution in [0.3, 0.4) is 0 Å². The van der Waals surface area contributed by atoms with E-state index in [1.807, 2.05) is 30.3 Å². The Kier molecular flexibility index (Phi) is 4.45. The molecule has 0 aliphatic rings. The molecule has 1 heterocycles. The van der Waals surface area contributed by atoms with Crippen LogP contribution in [0.2, 0.25) is 15.1 Å². The molecule has 0 radical (unpaired) electrons. The summed E-state index contributed by atoms with van der Waals surface area (Å²) in [4.78, 5) is 19.7. The number of aromatic nitrogens is 2. The van der Waals surface area contributed by atoms with E-state index in [1.165, 1.54) is 0 Å². The summed E-state index contributed by atoms with van der Waals surface area (Å²) in [5.41, 5.74) is 2.87. The second-order valence-corrected chi connectivity index (χ2v) is 6.98. The number of halogens is 3. The first-order valence-electron chi connectivity index (χ1n) is 7.77. The van der Waals surface area contributed by atoms with Crippen LogP contribution in [0, 0.1) is 0 Å². The van der Waals surface area contributed by atoms with Gasteiger partial charge in [0, 0.05) is 5.56 Å². The molecule has 0 amide bonds. The van der Waals surface area contributed by atoms with E-state index in [0.29, 0.717) is 31.8 Å². The third kappa shape index (κ3) is 3.10. The Hall–Kier alpha value is -2.33. The molecular weight excluding hydrogens is 391 g/mol. The number of rotatable bonds is 2. The summed E-state index contributed by atoms with van der Waals surface area (Å²) in [6.07, 6.45) is 0. The first kappa shape index (κ1) is 17.1. The van der Waals surface area contributed by atoms with E-state index < -0.39 is 0 Å². The van der Waals surface area contributed by atoms with Crippen LogP contribution in [0.1, 0.15) is 0 Å². The molecule has 0 unspecified atom stereocenters. The fourth-order valence-corrected chi connectivity index (χ4v) is 3.30. The molecule has 1 N–H and O–H groups in total. The van der Waals surface area contributed by atoms with Crippen LogP contribution in [0.4, 0.5) is 0 Å². The number of nitrogens with zero attached hydrogens (tertiary/aromatic N) is 1. The minimum absolute atomic E-state index is 0.229. The van der Waals surface area contributed by atoms with E-state index in [4.69, 9.17) is 34.8 Å². The number of aromatic amines is 1. The predicted octanol–water partition coefficient (Wildman–Crippen LogP) is 6.22. The number of nitrogens with one attached hydrogen (secondary N) is 1. The molecule has 3 aromatic carbocycles. The van der Waals surface area contributed by atoms with Gasteiger partial charge < -0.3 is 4.98 Å². The van der Waals surface area contributed by atoms with Gasteiger partial charge in [0.05, 0.1) is 26.0 Å². The number of fused-ring (bicyclic) bond motifs is 1. The SMILES string of the molecule is O=c1[nH]c(-c2cccc(-c3ccc(Cl)c(Cl)c3)c2)nc2c(Cl)cccc12. The highest BCUT2D eigenvalue weighted by Crippen LogP contribution is 2.30. The van der Waals surface area contributed by atoms with Gasteiger partial charge in [-0.25, -0.2) is 4.98 Å². The standard InChI is InChI=1S/C20H11Cl3N2O/c21-15-8-7-12(10-17(15)23)11-3-1-4-13(9-11)19-24-18-14(20(26)25-19)5-2-6-16(18)22/h1-10H,(H,24,25,26). The Morgan fingerprint density at radius 1 is 0.731 bits per heavy atom. The van der Waals surface area contributed by atoms with Gasteiger partial charge in [-0.15, -0.1) is 0 Å². The zero-order valence-electron chi connectivity index (χ0n) is 13.3. The molecule has 4 aromatic rings. The smallest absolute Gasteiger partial charge is 0.259 e. The van der Waals surface area contributed by atoms with Crippen molar-refractivity contribution in [1.29, 1.82) is 0 Å². The topological polar surface area (TPSA) is 45.8 Å². The second kappa shape index (κ2) is 6.76. The maximum absolute atomic E-state index is 12.4. The first-order valence-corrected chi connectivity index (χ1v) is 8.91. The van der Waals surface area contributed by atoms with Crippen molar-refractivity contribution in [2.75, 3.05) is 0 Å². The van der Waals surface area contributed by atoms with Crippen molar-refractivity contribution in [1.82, 2.24) is 9.97 Å². The zero-order chi connectivity index (χ0) is 18.3. The van der Waals surface area contributed by atoms with Gasteiger partial charge in [-0.2, -0.15) is 0 Å². The molecule has 0 saturated carbocycles. The molecule has 1 aromatic heterocycles. The summed E-state index contributed by atoms with van der Waals surface area (Å²) in [7, 11) is 0.